The first-order valence-corrected chi connectivity index (χ1v) is 9.61. The van der Waals surface area contributed by atoms with Crippen molar-refractivity contribution in [2.24, 2.45) is 5.92 Å². The Morgan fingerprint density at radius 1 is 1.21 bits per heavy atom. The number of rotatable bonds is 3. The second kappa shape index (κ2) is 6.37. The molecule has 1 saturated heterocycles. The zero-order valence-electron chi connectivity index (χ0n) is 13.4. The van der Waals surface area contributed by atoms with Crippen LogP contribution in [-0.4, -0.2) is 47.8 Å². The fraction of sp³-hybridized carbons (Fsp3) is 0.375. The molecule has 1 fully saturated rings. The summed E-state index contributed by atoms with van der Waals surface area (Å²) in [7, 11) is -3.21. The highest BCUT2D eigenvalue weighted by Crippen LogP contribution is 2.26. The second-order valence-corrected chi connectivity index (χ2v) is 7.99. The van der Waals surface area contributed by atoms with Crippen LogP contribution in [0.4, 0.5) is 5.82 Å². The number of benzene rings is 1. The average molecular weight is 348 g/mol. The molecule has 2 N–H and O–H groups in total. The van der Waals surface area contributed by atoms with Crippen LogP contribution in [0, 0.1) is 5.92 Å². The summed E-state index contributed by atoms with van der Waals surface area (Å²) < 4.78 is 25.9. The molecule has 1 aliphatic rings. The molecule has 7 nitrogen and oxygen atoms in total. The van der Waals surface area contributed by atoms with E-state index in [0.717, 1.165) is 5.56 Å². The molecule has 1 aromatic carbocycles. The zero-order valence-corrected chi connectivity index (χ0v) is 14.2. The predicted molar refractivity (Wildman–Crippen MR) is 91.8 cm³/mol. The molecule has 2 heterocycles. The molecule has 3 rings (SSSR count). The van der Waals surface area contributed by atoms with Gasteiger partial charge in [0.1, 0.15) is 5.82 Å². The van der Waals surface area contributed by atoms with Gasteiger partial charge in [-0.2, -0.15) is 4.68 Å². The fourth-order valence-corrected chi connectivity index (χ4v) is 3.86. The molecule has 0 amide bonds. The van der Waals surface area contributed by atoms with E-state index in [1.165, 1.54) is 15.2 Å². The Hall–Kier alpha value is -2.19. The number of piperidine rings is 1. The second-order valence-electron chi connectivity index (χ2n) is 6.01. The van der Waals surface area contributed by atoms with Crippen molar-refractivity contribution in [1.29, 1.82) is 0 Å². The van der Waals surface area contributed by atoms with Crippen molar-refractivity contribution in [2.45, 2.75) is 12.8 Å². The quantitative estimate of drug-likeness (QED) is 0.905. The van der Waals surface area contributed by atoms with Gasteiger partial charge in [-0.3, -0.25) is 4.79 Å². The topological polar surface area (TPSA) is 98.3 Å². The van der Waals surface area contributed by atoms with E-state index < -0.39 is 10.0 Å². The van der Waals surface area contributed by atoms with E-state index in [0.29, 0.717) is 31.6 Å². The molecule has 1 aliphatic heterocycles. The summed E-state index contributed by atoms with van der Waals surface area (Å²) in [4.78, 5) is 12.8. The molecule has 0 saturated carbocycles. The molecular formula is C16H20N4O3S. The third kappa shape index (κ3) is 3.34. The van der Waals surface area contributed by atoms with Gasteiger partial charge in [-0.1, -0.05) is 30.3 Å². The van der Waals surface area contributed by atoms with Crippen LogP contribution in [0.3, 0.4) is 0 Å². The highest BCUT2D eigenvalue weighted by atomic mass is 32.2. The number of nitrogen functional groups attached to an aromatic ring is 1. The molecule has 0 unspecified atom stereocenters. The molecule has 0 aliphatic carbocycles. The Balaban J connectivity index is 1.82. The lowest BCUT2D eigenvalue weighted by molar-refractivity contribution is 0.0773. The van der Waals surface area contributed by atoms with E-state index in [1.54, 1.807) is 6.07 Å². The summed E-state index contributed by atoms with van der Waals surface area (Å²) in [6.07, 6.45) is 2.16. The molecular weight excluding hydrogens is 328 g/mol. The van der Waals surface area contributed by atoms with Crippen LogP contribution in [0.5, 0.6) is 0 Å². The van der Waals surface area contributed by atoms with Crippen LogP contribution in [0.2, 0.25) is 0 Å². The maximum absolute atomic E-state index is 12.8. The molecule has 128 valence electrons. The van der Waals surface area contributed by atoms with Crippen LogP contribution < -0.4 is 5.73 Å². The predicted octanol–water partition coefficient (Wildman–Crippen LogP) is 1.44. The van der Waals surface area contributed by atoms with E-state index in [-0.39, 0.29) is 17.6 Å². The smallest absolute Gasteiger partial charge is 0.250 e. The first kappa shape index (κ1) is 16.7. The number of hydrogen-bond acceptors (Lipinski definition) is 5. The Morgan fingerprint density at radius 2 is 1.83 bits per heavy atom. The SMILES string of the molecule is CS(=O)(=O)N1CCC(C(=O)n2nc(N)cc2-c2ccccc2)CC1. The lowest BCUT2D eigenvalue weighted by Crippen LogP contribution is -2.40. The highest BCUT2D eigenvalue weighted by molar-refractivity contribution is 7.88. The van der Waals surface area contributed by atoms with E-state index in [2.05, 4.69) is 5.10 Å². The summed E-state index contributed by atoms with van der Waals surface area (Å²) in [6.45, 7) is 0.708. The number of carbonyl (C=O) groups excluding carboxylic acids is 1. The molecule has 0 radical (unpaired) electrons. The van der Waals surface area contributed by atoms with Crippen molar-refractivity contribution < 1.29 is 13.2 Å². The van der Waals surface area contributed by atoms with Gasteiger partial charge in [0, 0.05) is 30.6 Å². The number of anilines is 1. The van der Waals surface area contributed by atoms with Gasteiger partial charge >= 0.3 is 0 Å². The minimum atomic E-state index is -3.21. The van der Waals surface area contributed by atoms with Crippen molar-refractivity contribution in [2.75, 3.05) is 25.1 Å². The van der Waals surface area contributed by atoms with E-state index >= 15 is 0 Å². The van der Waals surface area contributed by atoms with E-state index in [9.17, 15) is 13.2 Å². The Kier molecular flexibility index (Phi) is 4.42. The third-order valence-electron chi connectivity index (χ3n) is 4.28. The van der Waals surface area contributed by atoms with Gasteiger partial charge in [-0.15, -0.1) is 5.10 Å². The Morgan fingerprint density at radius 3 is 2.42 bits per heavy atom. The van der Waals surface area contributed by atoms with Gasteiger partial charge in [-0.05, 0) is 12.8 Å². The van der Waals surface area contributed by atoms with Gasteiger partial charge < -0.3 is 5.73 Å². The van der Waals surface area contributed by atoms with Gasteiger partial charge in [0.2, 0.25) is 10.0 Å². The first-order valence-electron chi connectivity index (χ1n) is 7.76. The highest BCUT2D eigenvalue weighted by Gasteiger charge is 2.31. The van der Waals surface area contributed by atoms with Gasteiger partial charge in [0.25, 0.3) is 5.91 Å². The van der Waals surface area contributed by atoms with E-state index in [4.69, 9.17) is 5.73 Å². The lowest BCUT2D eigenvalue weighted by Gasteiger charge is -2.29. The van der Waals surface area contributed by atoms with Crippen LogP contribution in [0.25, 0.3) is 11.3 Å². The van der Waals surface area contributed by atoms with Gasteiger partial charge in [0.15, 0.2) is 0 Å². The van der Waals surface area contributed by atoms with Gasteiger partial charge in [-0.25, -0.2) is 12.7 Å². The lowest BCUT2D eigenvalue weighted by atomic mass is 9.97. The number of nitrogens with two attached hydrogens (primary N) is 1. The van der Waals surface area contributed by atoms with Crippen LogP contribution in [0.15, 0.2) is 36.4 Å². The normalized spacial score (nSPS) is 17.0. The number of hydrogen-bond donors (Lipinski definition) is 1. The van der Waals surface area contributed by atoms with Crippen molar-refractivity contribution in [1.82, 2.24) is 14.1 Å². The van der Waals surface area contributed by atoms with Crippen LogP contribution >= 0.6 is 0 Å². The molecule has 1 aromatic heterocycles. The Labute approximate surface area is 141 Å². The number of aromatic nitrogens is 2. The minimum absolute atomic E-state index is 0.140. The minimum Gasteiger partial charge on any atom is -0.382 e. The van der Waals surface area contributed by atoms with Gasteiger partial charge in [0.05, 0.1) is 11.9 Å². The van der Waals surface area contributed by atoms with Crippen molar-refractivity contribution in [3.8, 4) is 11.3 Å². The maximum atomic E-state index is 12.8. The van der Waals surface area contributed by atoms with Crippen molar-refractivity contribution in [3.05, 3.63) is 36.4 Å². The molecule has 0 atom stereocenters. The molecule has 0 bridgehead atoms. The standard InChI is InChI=1S/C16H20N4O3S/c1-24(22,23)19-9-7-13(8-10-19)16(21)20-14(11-15(17)18-20)12-5-3-2-4-6-12/h2-6,11,13H,7-10H2,1H3,(H2,17,18). The third-order valence-corrected chi connectivity index (χ3v) is 5.58. The summed E-state index contributed by atoms with van der Waals surface area (Å²) in [5.41, 5.74) is 7.31. The summed E-state index contributed by atoms with van der Waals surface area (Å²) in [6, 6.07) is 11.1. The molecule has 2 aromatic rings. The van der Waals surface area contributed by atoms with Crippen LogP contribution in [-0.2, 0) is 10.0 Å². The summed E-state index contributed by atoms with van der Waals surface area (Å²) in [5.74, 6) is -0.112. The number of nitrogens with zero attached hydrogens (tertiary/aromatic N) is 3. The fourth-order valence-electron chi connectivity index (χ4n) is 2.99. The largest absolute Gasteiger partial charge is 0.382 e. The molecule has 24 heavy (non-hydrogen) atoms. The van der Waals surface area contributed by atoms with Crippen LogP contribution in [0.1, 0.15) is 17.6 Å². The van der Waals surface area contributed by atoms with Crippen molar-refractivity contribution in [3.63, 3.8) is 0 Å². The monoisotopic (exact) mass is 348 g/mol. The van der Waals surface area contributed by atoms with E-state index in [1.807, 2.05) is 30.3 Å². The van der Waals surface area contributed by atoms with Crippen molar-refractivity contribution >= 4 is 21.7 Å². The summed E-state index contributed by atoms with van der Waals surface area (Å²) in [5, 5.41) is 4.14. The molecule has 0 spiro atoms. The number of carbonyl (C=O) groups is 1. The molecule has 8 heteroatoms. The Bertz CT molecular complexity index is 837. The first-order chi connectivity index (χ1) is 11.4. The maximum Gasteiger partial charge on any atom is 0.250 e. The summed E-state index contributed by atoms with van der Waals surface area (Å²) >= 11 is 0. The number of sulfonamides is 1. The zero-order chi connectivity index (χ0) is 17.3. The average Bonchev–Trinajstić information content (AvgIpc) is 2.96.